The predicted octanol–water partition coefficient (Wildman–Crippen LogP) is 19.8. The summed E-state index contributed by atoms with van der Waals surface area (Å²) < 4.78 is 5.48. The van der Waals surface area contributed by atoms with E-state index in [1.165, 1.54) is 270 Å². The normalized spacial score (nSPS) is 12.7. The van der Waals surface area contributed by atoms with Crippen molar-refractivity contribution in [3.63, 3.8) is 0 Å². The number of hydrogen-bond acceptors (Lipinski definition) is 5. The molecule has 1 amide bonds. The predicted molar refractivity (Wildman–Crippen MR) is 306 cm³/mol. The summed E-state index contributed by atoms with van der Waals surface area (Å²) in [6.07, 6.45) is 73.4. The Morgan fingerprint density at radius 2 is 0.671 bits per heavy atom. The Morgan fingerprint density at radius 1 is 0.386 bits per heavy atom. The lowest BCUT2D eigenvalue weighted by Crippen LogP contribution is -2.45. The molecule has 2 unspecified atom stereocenters. The highest BCUT2D eigenvalue weighted by Crippen LogP contribution is 2.17. The van der Waals surface area contributed by atoms with Crippen LogP contribution in [0.3, 0.4) is 0 Å². The molecule has 3 N–H and O–H groups in total. The summed E-state index contributed by atoms with van der Waals surface area (Å²) in [5.74, 6) is -0.0283. The second-order valence-corrected chi connectivity index (χ2v) is 21.7. The van der Waals surface area contributed by atoms with Crippen LogP contribution < -0.4 is 5.32 Å². The van der Waals surface area contributed by atoms with E-state index in [4.69, 9.17) is 4.74 Å². The standard InChI is InChI=1S/C64H123NO5/c1-3-5-7-9-11-13-15-16-30-34-38-42-46-50-54-58-64(69)70-59-55-51-47-43-39-35-32-29-27-25-23-21-19-17-18-20-22-24-26-28-31-33-37-41-45-49-53-57-63(68)65-61(60-66)62(67)56-52-48-44-40-36-14-12-10-8-6-4-2/h16-18,30,61-62,66-67H,3-15,19-29,31-60H2,1-2H3,(H,65,68)/b18-17-,30-16-. The van der Waals surface area contributed by atoms with Gasteiger partial charge in [-0.25, -0.2) is 0 Å². The molecule has 0 rings (SSSR count). The number of nitrogens with one attached hydrogen (secondary N) is 1. The Hall–Kier alpha value is -1.66. The lowest BCUT2D eigenvalue weighted by molar-refractivity contribution is -0.143. The highest BCUT2D eigenvalue weighted by atomic mass is 16.5. The van der Waals surface area contributed by atoms with Crippen LogP contribution in [-0.2, 0) is 14.3 Å². The van der Waals surface area contributed by atoms with Crippen LogP contribution in [0.4, 0.5) is 0 Å². The number of aliphatic hydroxyl groups excluding tert-OH is 2. The van der Waals surface area contributed by atoms with E-state index in [1.54, 1.807) is 0 Å². The van der Waals surface area contributed by atoms with Crippen LogP contribution in [-0.4, -0.2) is 47.4 Å². The Labute approximate surface area is 437 Å². The zero-order valence-corrected chi connectivity index (χ0v) is 47.3. The molecule has 0 fully saturated rings. The van der Waals surface area contributed by atoms with Crippen molar-refractivity contribution in [2.24, 2.45) is 0 Å². The van der Waals surface area contributed by atoms with Crippen LogP contribution in [0.25, 0.3) is 0 Å². The second kappa shape index (κ2) is 59.9. The van der Waals surface area contributed by atoms with Crippen LogP contribution in [0.5, 0.6) is 0 Å². The maximum absolute atomic E-state index is 12.4. The molecule has 0 aromatic carbocycles. The summed E-state index contributed by atoms with van der Waals surface area (Å²) in [5, 5.41) is 23.2. The van der Waals surface area contributed by atoms with Gasteiger partial charge in [0.2, 0.25) is 5.91 Å². The molecule has 0 aliphatic carbocycles. The van der Waals surface area contributed by atoms with Gasteiger partial charge in [0, 0.05) is 12.8 Å². The summed E-state index contributed by atoms with van der Waals surface area (Å²) in [4.78, 5) is 24.5. The van der Waals surface area contributed by atoms with Crippen molar-refractivity contribution in [1.29, 1.82) is 0 Å². The highest BCUT2D eigenvalue weighted by molar-refractivity contribution is 5.76. The number of allylic oxidation sites excluding steroid dienone is 4. The lowest BCUT2D eigenvalue weighted by Gasteiger charge is -2.22. The lowest BCUT2D eigenvalue weighted by atomic mass is 10.0. The summed E-state index contributed by atoms with van der Waals surface area (Å²) in [6.45, 7) is 4.95. The van der Waals surface area contributed by atoms with Crippen LogP contribution >= 0.6 is 0 Å². The summed E-state index contributed by atoms with van der Waals surface area (Å²) in [5.41, 5.74) is 0. The highest BCUT2D eigenvalue weighted by Gasteiger charge is 2.20. The minimum absolute atomic E-state index is 0.00741. The Kier molecular flexibility index (Phi) is 58.5. The fraction of sp³-hybridized carbons (Fsp3) is 0.906. The van der Waals surface area contributed by atoms with Crippen molar-refractivity contribution in [2.45, 2.75) is 360 Å². The molecule has 0 heterocycles. The maximum atomic E-state index is 12.4. The molecular formula is C64H123NO5. The maximum Gasteiger partial charge on any atom is 0.305 e. The van der Waals surface area contributed by atoms with Crippen molar-refractivity contribution in [1.82, 2.24) is 5.32 Å². The molecule has 0 spiro atoms. The molecule has 0 aromatic heterocycles. The first-order chi connectivity index (χ1) is 34.5. The zero-order chi connectivity index (χ0) is 50.7. The molecule has 0 aliphatic rings. The first-order valence-electron chi connectivity index (χ1n) is 31.6. The van der Waals surface area contributed by atoms with E-state index < -0.39 is 12.1 Å². The van der Waals surface area contributed by atoms with E-state index in [0.29, 0.717) is 25.9 Å². The number of unbranched alkanes of at least 4 members (excludes halogenated alkanes) is 44. The van der Waals surface area contributed by atoms with Gasteiger partial charge < -0.3 is 20.3 Å². The van der Waals surface area contributed by atoms with Crippen molar-refractivity contribution in [3.8, 4) is 0 Å². The van der Waals surface area contributed by atoms with Gasteiger partial charge in [0.1, 0.15) is 0 Å². The number of esters is 1. The summed E-state index contributed by atoms with van der Waals surface area (Å²) in [7, 11) is 0. The smallest absolute Gasteiger partial charge is 0.305 e. The Bertz CT molecular complexity index is 1090. The van der Waals surface area contributed by atoms with Crippen molar-refractivity contribution in [3.05, 3.63) is 24.3 Å². The third-order valence-electron chi connectivity index (χ3n) is 14.7. The molecule has 414 valence electrons. The monoisotopic (exact) mass is 986 g/mol. The van der Waals surface area contributed by atoms with Crippen molar-refractivity contribution >= 4 is 11.9 Å². The molecule has 2 atom stereocenters. The molecule has 0 radical (unpaired) electrons. The average molecular weight is 987 g/mol. The van der Waals surface area contributed by atoms with Crippen LogP contribution in [0.2, 0.25) is 0 Å². The Balaban J connectivity index is 3.36. The average Bonchev–Trinajstić information content (AvgIpc) is 3.36. The van der Waals surface area contributed by atoms with Gasteiger partial charge in [0.05, 0.1) is 25.4 Å². The fourth-order valence-corrected chi connectivity index (χ4v) is 9.87. The summed E-state index contributed by atoms with van der Waals surface area (Å²) in [6, 6.07) is -0.540. The van der Waals surface area contributed by atoms with Crippen LogP contribution in [0, 0.1) is 0 Å². The molecule has 0 aliphatic heterocycles. The third kappa shape index (κ3) is 55.7. The largest absolute Gasteiger partial charge is 0.466 e. The van der Waals surface area contributed by atoms with Crippen LogP contribution in [0.1, 0.15) is 348 Å². The number of carbonyl (C=O) groups excluding carboxylic acids is 2. The zero-order valence-electron chi connectivity index (χ0n) is 47.3. The first-order valence-corrected chi connectivity index (χ1v) is 31.6. The second-order valence-electron chi connectivity index (χ2n) is 21.7. The van der Waals surface area contributed by atoms with Gasteiger partial charge in [-0.3, -0.25) is 9.59 Å². The van der Waals surface area contributed by atoms with Crippen molar-refractivity contribution < 1.29 is 24.5 Å². The van der Waals surface area contributed by atoms with Gasteiger partial charge in [-0.1, -0.05) is 282 Å². The van der Waals surface area contributed by atoms with Gasteiger partial charge >= 0.3 is 5.97 Å². The van der Waals surface area contributed by atoms with E-state index in [-0.39, 0.29) is 18.5 Å². The Morgan fingerprint density at radius 3 is 1.01 bits per heavy atom. The fourth-order valence-electron chi connectivity index (χ4n) is 9.87. The number of ether oxygens (including phenoxy) is 1. The van der Waals surface area contributed by atoms with Crippen LogP contribution in [0.15, 0.2) is 24.3 Å². The first kappa shape index (κ1) is 68.3. The van der Waals surface area contributed by atoms with E-state index >= 15 is 0 Å². The molecule has 0 saturated carbocycles. The van der Waals surface area contributed by atoms with E-state index in [1.807, 2.05) is 0 Å². The van der Waals surface area contributed by atoms with E-state index in [0.717, 1.165) is 44.9 Å². The summed E-state index contributed by atoms with van der Waals surface area (Å²) >= 11 is 0. The van der Waals surface area contributed by atoms with Crippen molar-refractivity contribution in [2.75, 3.05) is 13.2 Å². The number of aliphatic hydroxyl groups is 2. The van der Waals surface area contributed by atoms with E-state index in [2.05, 4.69) is 43.5 Å². The molecule has 0 saturated heterocycles. The third-order valence-corrected chi connectivity index (χ3v) is 14.7. The topological polar surface area (TPSA) is 95.9 Å². The molecular weight excluding hydrogens is 863 g/mol. The number of hydrogen-bond donors (Lipinski definition) is 3. The van der Waals surface area contributed by atoms with Gasteiger partial charge in [0.25, 0.3) is 0 Å². The quantitative estimate of drug-likeness (QED) is 0.0321. The molecule has 6 nitrogen and oxygen atoms in total. The number of rotatable bonds is 59. The van der Waals surface area contributed by atoms with Gasteiger partial charge in [-0.2, -0.15) is 0 Å². The van der Waals surface area contributed by atoms with E-state index in [9.17, 15) is 19.8 Å². The van der Waals surface area contributed by atoms with Gasteiger partial charge in [-0.15, -0.1) is 0 Å². The SMILES string of the molecule is CCCCCCCC/C=C\CCCCCCCC(=O)OCCCCCCCCCCCCCC/C=C\CCCCCCCCCCCCCC(=O)NC(CO)C(O)CCCCCCCCCCCCC. The van der Waals surface area contributed by atoms with Gasteiger partial charge in [0.15, 0.2) is 0 Å². The molecule has 0 aromatic rings. The van der Waals surface area contributed by atoms with Gasteiger partial charge in [-0.05, 0) is 77.0 Å². The molecule has 70 heavy (non-hydrogen) atoms. The molecule has 6 heteroatoms. The number of carbonyl (C=O) groups is 2. The number of amides is 1. The minimum atomic E-state index is -0.663. The molecule has 0 bridgehead atoms. The minimum Gasteiger partial charge on any atom is -0.466 e.